The van der Waals surface area contributed by atoms with Gasteiger partial charge in [-0.1, -0.05) is 74.0 Å². The number of hydrogen-bond donors (Lipinski definition) is 0. The van der Waals surface area contributed by atoms with Gasteiger partial charge in [0.25, 0.3) is 0 Å². The lowest BCUT2D eigenvalue weighted by Gasteiger charge is -2.00. The molecule has 28 heavy (non-hydrogen) atoms. The molecule has 0 aromatic carbocycles. The second-order valence-corrected chi connectivity index (χ2v) is 12.9. The first-order chi connectivity index (χ1) is 13.7. The minimum Gasteiger partial charge on any atom is -0.0932 e. The topological polar surface area (TPSA) is 0 Å². The molecule has 0 aliphatic heterocycles. The lowest BCUT2D eigenvalue weighted by molar-refractivity contribution is 0.796. The molecule has 0 fully saturated rings. The van der Waals surface area contributed by atoms with Gasteiger partial charge >= 0.3 is 0 Å². The van der Waals surface area contributed by atoms with Crippen LogP contribution in [0.3, 0.4) is 0 Å². The van der Waals surface area contributed by atoms with Crippen molar-refractivity contribution in [3.05, 3.63) is 51.0 Å². The monoisotopic (exact) mass is 449 g/mol. The summed E-state index contributed by atoms with van der Waals surface area (Å²) in [4.78, 5) is 0. The Bertz CT molecular complexity index is 713. The van der Waals surface area contributed by atoms with Crippen molar-refractivity contribution >= 4 is 44.9 Å². The molecule has 3 rings (SSSR count). The van der Waals surface area contributed by atoms with E-state index in [0.717, 1.165) is 0 Å². The van der Waals surface area contributed by atoms with Crippen molar-refractivity contribution in [1.82, 2.24) is 0 Å². The van der Waals surface area contributed by atoms with Crippen LogP contribution in [0.1, 0.15) is 76.0 Å². The summed E-state index contributed by atoms with van der Waals surface area (Å²) in [6, 6.07) is 7.50. The molecule has 3 aromatic rings. The van der Waals surface area contributed by atoms with Crippen LogP contribution < -0.4 is 0 Å². The van der Waals surface area contributed by atoms with Gasteiger partial charge in [0.2, 0.25) is 12.6 Å². The SMILES string of the molecule is CCCCc1csc([S+](c2cc(CCCC)cs2)c2cc(CCCC)cs2)c1. The fourth-order valence-electron chi connectivity index (χ4n) is 3.21. The van der Waals surface area contributed by atoms with Gasteiger partial charge in [-0.3, -0.25) is 0 Å². The van der Waals surface area contributed by atoms with E-state index in [1.165, 1.54) is 74.5 Å². The lowest BCUT2D eigenvalue weighted by Crippen LogP contribution is -1.98. The number of rotatable bonds is 12. The standard InChI is InChI=1S/C24H33S4/c1-4-7-10-19-13-22(25-16-19)28(23-14-20(17-26-23)11-8-5-2)24-15-21(18-27-24)12-9-6-3/h13-18H,4-12H2,1-3H3/q+1. The highest BCUT2D eigenvalue weighted by atomic mass is 32.3. The highest BCUT2D eigenvalue weighted by Crippen LogP contribution is 2.41. The van der Waals surface area contributed by atoms with Gasteiger partial charge in [-0.25, -0.2) is 0 Å². The fraction of sp³-hybridized carbons (Fsp3) is 0.500. The summed E-state index contributed by atoms with van der Waals surface area (Å²) in [5.41, 5.74) is 4.60. The average molecular weight is 450 g/mol. The van der Waals surface area contributed by atoms with Crippen LogP contribution in [0, 0.1) is 0 Å². The van der Waals surface area contributed by atoms with Gasteiger partial charge in [0.1, 0.15) is 10.9 Å². The maximum absolute atomic E-state index is 2.50. The van der Waals surface area contributed by atoms with E-state index in [0.29, 0.717) is 0 Å². The zero-order valence-electron chi connectivity index (χ0n) is 17.5. The van der Waals surface area contributed by atoms with Crippen molar-refractivity contribution in [3.63, 3.8) is 0 Å². The minimum absolute atomic E-state index is 0.0868. The fourth-order valence-corrected chi connectivity index (χ4v) is 10.3. The maximum atomic E-state index is 2.50. The second-order valence-electron chi connectivity index (χ2n) is 7.44. The Morgan fingerprint density at radius 1 is 0.571 bits per heavy atom. The van der Waals surface area contributed by atoms with Crippen molar-refractivity contribution < 1.29 is 0 Å². The summed E-state index contributed by atoms with van der Waals surface area (Å²) in [5, 5.41) is 7.21. The summed E-state index contributed by atoms with van der Waals surface area (Å²) >= 11 is 5.93. The van der Waals surface area contributed by atoms with Gasteiger partial charge < -0.3 is 0 Å². The molecule has 0 aliphatic rings. The summed E-state index contributed by atoms with van der Waals surface area (Å²) in [6.45, 7) is 6.85. The van der Waals surface area contributed by atoms with E-state index in [1.54, 1.807) is 12.6 Å². The molecule has 152 valence electrons. The van der Waals surface area contributed by atoms with Crippen LogP contribution in [-0.2, 0) is 30.2 Å². The largest absolute Gasteiger partial charge is 0.222 e. The van der Waals surface area contributed by atoms with Crippen molar-refractivity contribution in [2.75, 3.05) is 0 Å². The summed E-state index contributed by atoms with van der Waals surface area (Å²) in [6.07, 6.45) is 11.4. The zero-order chi connectivity index (χ0) is 19.8. The third kappa shape index (κ3) is 5.98. The van der Waals surface area contributed by atoms with Gasteiger partial charge in [0.15, 0.2) is 0 Å². The van der Waals surface area contributed by atoms with Gasteiger partial charge in [-0.15, -0.1) is 0 Å². The molecule has 4 heteroatoms. The van der Waals surface area contributed by atoms with E-state index in [4.69, 9.17) is 0 Å². The highest BCUT2D eigenvalue weighted by molar-refractivity contribution is 8.02. The van der Waals surface area contributed by atoms with E-state index in [9.17, 15) is 0 Å². The Balaban J connectivity index is 1.88. The highest BCUT2D eigenvalue weighted by Gasteiger charge is 2.34. The Kier molecular flexibility index (Phi) is 9.16. The lowest BCUT2D eigenvalue weighted by atomic mass is 10.2. The summed E-state index contributed by atoms with van der Waals surface area (Å²) in [7, 11) is 0.0868. The first kappa shape index (κ1) is 22.1. The quantitative estimate of drug-likeness (QED) is 0.242. The first-order valence-electron chi connectivity index (χ1n) is 10.7. The molecule has 0 atom stereocenters. The van der Waals surface area contributed by atoms with Crippen molar-refractivity contribution in [3.8, 4) is 0 Å². The summed E-state index contributed by atoms with van der Waals surface area (Å²) < 4.78 is 4.66. The van der Waals surface area contributed by atoms with Crippen LogP contribution in [0.5, 0.6) is 0 Å². The Morgan fingerprint density at radius 3 is 1.18 bits per heavy atom. The molecule has 0 unspecified atom stereocenters. The van der Waals surface area contributed by atoms with Crippen LogP contribution in [-0.4, -0.2) is 0 Å². The van der Waals surface area contributed by atoms with Gasteiger partial charge in [0.05, 0.1) is 0 Å². The molecular weight excluding hydrogens is 417 g/mol. The molecule has 3 aromatic heterocycles. The van der Waals surface area contributed by atoms with Crippen LogP contribution in [0.2, 0.25) is 0 Å². The molecule has 0 N–H and O–H groups in total. The smallest absolute Gasteiger partial charge is 0.0932 e. The Hall–Kier alpha value is -0.550. The van der Waals surface area contributed by atoms with Crippen LogP contribution in [0.4, 0.5) is 0 Å². The van der Waals surface area contributed by atoms with E-state index in [-0.39, 0.29) is 10.9 Å². The molecule has 0 amide bonds. The first-order valence-corrected chi connectivity index (χ1v) is 14.6. The molecule has 0 radical (unpaired) electrons. The van der Waals surface area contributed by atoms with Crippen LogP contribution in [0.15, 0.2) is 47.0 Å². The third-order valence-corrected chi connectivity index (χ3v) is 11.2. The molecule has 0 saturated carbocycles. The minimum atomic E-state index is 0.0868. The molecule has 0 bridgehead atoms. The van der Waals surface area contributed by atoms with E-state index in [2.05, 4.69) is 55.1 Å². The van der Waals surface area contributed by atoms with Gasteiger partial charge in [0, 0.05) is 18.2 Å². The molecule has 0 spiro atoms. The predicted molar refractivity (Wildman–Crippen MR) is 131 cm³/mol. The normalized spacial score (nSPS) is 11.6. The third-order valence-electron chi connectivity index (χ3n) is 4.95. The van der Waals surface area contributed by atoms with Crippen LogP contribution >= 0.6 is 34.0 Å². The van der Waals surface area contributed by atoms with Crippen molar-refractivity contribution in [1.29, 1.82) is 0 Å². The molecule has 3 heterocycles. The average Bonchev–Trinajstić information content (AvgIpc) is 3.46. The molecule has 0 aliphatic carbocycles. The maximum Gasteiger partial charge on any atom is 0.222 e. The Morgan fingerprint density at radius 2 is 0.893 bits per heavy atom. The van der Waals surface area contributed by atoms with Gasteiger partial charge in [-0.2, -0.15) is 0 Å². The number of thiophene rings is 3. The van der Waals surface area contributed by atoms with Crippen LogP contribution in [0.25, 0.3) is 0 Å². The number of hydrogen-bond acceptors (Lipinski definition) is 3. The summed E-state index contributed by atoms with van der Waals surface area (Å²) in [5.74, 6) is 0. The van der Waals surface area contributed by atoms with E-state index in [1.807, 2.05) is 34.0 Å². The molecular formula is C24H33S4+. The second kappa shape index (κ2) is 11.6. The predicted octanol–water partition coefficient (Wildman–Crippen LogP) is 8.99. The number of aryl methyl sites for hydroxylation is 3. The van der Waals surface area contributed by atoms with Crippen molar-refractivity contribution in [2.45, 2.75) is 91.2 Å². The molecule has 0 saturated heterocycles. The van der Waals surface area contributed by atoms with E-state index >= 15 is 0 Å². The molecule has 0 nitrogen and oxygen atoms in total. The van der Waals surface area contributed by atoms with E-state index < -0.39 is 0 Å². The Labute approximate surface area is 186 Å². The van der Waals surface area contributed by atoms with Gasteiger partial charge in [-0.05, 0) is 71.4 Å². The van der Waals surface area contributed by atoms with Crippen molar-refractivity contribution in [2.24, 2.45) is 0 Å². The zero-order valence-corrected chi connectivity index (χ0v) is 20.7. The number of unbranched alkanes of at least 4 members (excludes halogenated alkanes) is 3.